The van der Waals surface area contributed by atoms with Gasteiger partial charge in [0.1, 0.15) is 0 Å². The van der Waals surface area contributed by atoms with Crippen molar-refractivity contribution in [1.29, 1.82) is 0 Å². The number of benzene rings is 1. The second-order valence-electron chi connectivity index (χ2n) is 4.13. The molecular weight excluding hydrogens is 218 g/mol. The van der Waals surface area contributed by atoms with Crippen LogP contribution in [0.1, 0.15) is 28.0 Å². The Balaban J connectivity index is 2.19. The van der Waals surface area contributed by atoms with Gasteiger partial charge in [0.25, 0.3) is 0 Å². The third-order valence-corrected chi connectivity index (χ3v) is 3.16. The van der Waals surface area contributed by atoms with Crippen molar-refractivity contribution in [3.63, 3.8) is 0 Å². The average molecular weight is 229 g/mol. The molecule has 1 heterocycles. The Morgan fingerprint density at radius 1 is 1.35 bits per heavy atom. The van der Waals surface area contributed by atoms with E-state index in [1.54, 1.807) is 0 Å². The number of aryl methyl sites for hydroxylation is 1. The molecule has 0 saturated heterocycles. The lowest BCUT2D eigenvalue weighted by molar-refractivity contribution is 0.0691. The lowest BCUT2D eigenvalue weighted by Gasteiger charge is -2.05. The van der Waals surface area contributed by atoms with Crippen molar-refractivity contribution in [2.75, 3.05) is 0 Å². The predicted octanol–water partition coefficient (Wildman–Crippen LogP) is 2.53. The quantitative estimate of drug-likeness (QED) is 0.859. The van der Waals surface area contributed by atoms with Gasteiger partial charge >= 0.3 is 5.97 Å². The Hall–Kier alpha value is -2.10. The number of fused-ring (bicyclic) bond motifs is 1. The Kier molecular flexibility index (Phi) is 2.21. The van der Waals surface area contributed by atoms with Gasteiger partial charge in [0.15, 0.2) is 17.8 Å². The van der Waals surface area contributed by atoms with E-state index in [0.29, 0.717) is 5.76 Å². The van der Waals surface area contributed by atoms with Gasteiger partial charge in [-0.15, -0.1) is 0 Å². The summed E-state index contributed by atoms with van der Waals surface area (Å²) in [6.45, 7) is 0. The predicted molar refractivity (Wildman–Crippen MR) is 60.9 cm³/mol. The van der Waals surface area contributed by atoms with Crippen LogP contribution in [-0.2, 0) is 12.8 Å². The zero-order valence-electron chi connectivity index (χ0n) is 9.14. The van der Waals surface area contributed by atoms with E-state index in [4.69, 9.17) is 9.52 Å². The summed E-state index contributed by atoms with van der Waals surface area (Å²) in [5, 5.41) is 9.04. The minimum Gasteiger partial charge on any atom is -0.476 e. The normalized spacial score (nSPS) is 13.6. The Morgan fingerprint density at radius 3 is 3.06 bits per heavy atom. The number of aromatic nitrogens is 1. The van der Waals surface area contributed by atoms with E-state index in [1.165, 1.54) is 17.5 Å². The molecule has 1 aromatic heterocycles. The zero-order chi connectivity index (χ0) is 11.8. The summed E-state index contributed by atoms with van der Waals surface area (Å²) >= 11 is 0. The summed E-state index contributed by atoms with van der Waals surface area (Å²) in [5.74, 6) is -0.680. The fraction of sp³-hybridized carbons (Fsp3) is 0.231. The third-order valence-electron chi connectivity index (χ3n) is 3.16. The number of oxazole rings is 1. The topological polar surface area (TPSA) is 63.3 Å². The monoisotopic (exact) mass is 229 g/mol. The van der Waals surface area contributed by atoms with Gasteiger partial charge in [0.2, 0.25) is 0 Å². The van der Waals surface area contributed by atoms with Gasteiger partial charge in [-0.2, -0.15) is 0 Å². The van der Waals surface area contributed by atoms with Crippen LogP contribution in [0, 0.1) is 0 Å². The number of rotatable bonds is 2. The van der Waals surface area contributed by atoms with Crippen LogP contribution < -0.4 is 0 Å². The van der Waals surface area contributed by atoms with Crippen LogP contribution in [0.15, 0.2) is 29.0 Å². The molecule has 0 fully saturated rings. The van der Waals surface area contributed by atoms with Crippen LogP contribution in [0.5, 0.6) is 0 Å². The fourth-order valence-corrected chi connectivity index (χ4v) is 2.42. The van der Waals surface area contributed by atoms with Crippen LogP contribution in [0.4, 0.5) is 0 Å². The molecule has 0 saturated carbocycles. The lowest BCUT2D eigenvalue weighted by Crippen LogP contribution is -1.99. The Bertz CT molecular complexity index is 586. The highest BCUT2D eigenvalue weighted by atomic mass is 16.4. The van der Waals surface area contributed by atoms with E-state index in [1.807, 2.05) is 12.1 Å². The van der Waals surface area contributed by atoms with Crippen molar-refractivity contribution in [2.45, 2.75) is 19.3 Å². The van der Waals surface area contributed by atoms with Crippen molar-refractivity contribution < 1.29 is 14.3 Å². The molecule has 4 heteroatoms. The fourth-order valence-electron chi connectivity index (χ4n) is 2.42. The maximum absolute atomic E-state index is 11.0. The zero-order valence-corrected chi connectivity index (χ0v) is 9.14. The van der Waals surface area contributed by atoms with Gasteiger partial charge < -0.3 is 9.52 Å². The molecule has 86 valence electrons. The maximum Gasteiger partial charge on any atom is 0.358 e. The molecule has 0 aliphatic heterocycles. The van der Waals surface area contributed by atoms with E-state index in [9.17, 15) is 4.79 Å². The highest BCUT2D eigenvalue weighted by molar-refractivity contribution is 5.92. The molecule has 0 amide bonds. The van der Waals surface area contributed by atoms with Crippen LogP contribution in [0.25, 0.3) is 11.3 Å². The number of hydrogen-bond acceptors (Lipinski definition) is 3. The van der Waals surface area contributed by atoms with Gasteiger partial charge in [0, 0.05) is 5.56 Å². The van der Waals surface area contributed by atoms with E-state index in [2.05, 4.69) is 11.1 Å². The van der Waals surface area contributed by atoms with Crippen LogP contribution in [0.3, 0.4) is 0 Å². The second kappa shape index (κ2) is 3.73. The highest BCUT2D eigenvalue weighted by Gasteiger charge is 2.22. The number of carboxylic acids is 1. The number of hydrogen-bond donors (Lipinski definition) is 1. The maximum atomic E-state index is 11.0. The molecule has 17 heavy (non-hydrogen) atoms. The van der Waals surface area contributed by atoms with Gasteiger partial charge in [0.05, 0.1) is 0 Å². The van der Waals surface area contributed by atoms with Crippen molar-refractivity contribution in [2.24, 2.45) is 0 Å². The van der Waals surface area contributed by atoms with Gasteiger partial charge in [-0.25, -0.2) is 9.78 Å². The van der Waals surface area contributed by atoms with Gasteiger partial charge in [-0.1, -0.05) is 18.2 Å². The summed E-state index contributed by atoms with van der Waals surface area (Å²) in [5.41, 5.74) is 3.35. The molecular formula is C13H11NO3. The molecule has 1 aliphatic carbocycles. The number of aromatic carboxylic acids is 1. The van der Waals surface area contributed by atoms with E-state index >= 15 is 0 Å². The number of carbonyl (C=O) groups is 1. The van der Waals surface area contributed by atoms with Gasteiger partial charge in [-0.3, -0.25) is 0 Å². The average Bonchev–Trinajstić information content (AvgIpc) is 2.97. The molecule has 0 atom stereocenters. The summed E-state index contributed by atoms with van der Waals surface area (Å²) in [6.07, 6.45) is 4.33. The second-order valence-corrected chi connectivity index (χ2v) is 4.13. The first kappa shape index (κ1) is 10.1. The molecule has 3 rings (SSSR count). The minimum absolute atomic E-state index is 0.00898. The summed E-state index contributed by atoms with van der Waals surface area (Å²) in [6, 6.07) is 5.92. The van der Waals surface area contributed by atoms with Crippen molar-refractivity contribution in [3.05, 3.63) is 41.4 Å². The van der Waals surface area contributed by atoms with Crippen molar-refractivity contribution in [1.82, 2.24) is 4.98 Å². The summed E-state index contributed by atoms with van der Waals surface area (Å²) < 4.78 is 5.25. The van der Waals surface area contributed by atoms with Gasteiger partial charge in [-0.05, 0) is 30.4 Å². The first-order valence-corrected chi connectivity index (χ1v) is 5.55. The molecule has 0 unspecified atom stereocenters. The van der Waals surface area contributed by atoms with Crippen LogP contribution in [0.2, 0.25) is 0 Å². The molecule has 0 spiro atoms. The largest absolute Gasteiger partial charge is 0.476 e. The summed E-state index contributed by atoms with van der Waals surface area (Å²) in [7, 11) is 0. The molecule has 0 bridgehead atoms. The van der Waals surface area contributed by atoms with E-state index < -0.39 is 5.97 Å². The SMILES string of the molecule is O=C(O)c1ncoc1-c1cccc2c1CCC2. The third kappa shape index (κ3) is 1.53. The smallest absolute Gasteiger partial charge is 0.358 e. The first-order valence-electron chi connectivity index (χ1n) is 5.55. The molecule has 1 N–H and O–H groups in total. The lowest BCUT2D eigenvalue weighted by atomic mass is 10.0. The van der Waals surface area contributed by atoms with Crippen molar-refractivity contribution >= 4 is 5.97 Å². The molecule has 0 radical (unpaired) electrons. The Labute approximate surface area is 97.9 Å². The standard InChI is InChI=1S/C13H11NO3/c15-13(16)11-12(17-7-14-11)10-6-2-4-8-3-1-5-9(8)10/h2,4,6-7H,1,3,5H2,(H,15,16). The first-order chi connectivity index (χ1) is 8.27. The van der Waals surface area contributed by atoms with Crippen LogP contribution in [-0.4, -0.2) is 16.1 Å². The highest BCUT2D eigenvalue weighted by Crippen LogP contribution is 2.33. The number of carboxylic acid groups (broad SMARTS) is 1. The Morgan fingerprint density at radius 2 is 2.24 bits per heavy atom. The van der Waals surface area contributed by atoms with E-state index in [0.717, 1.165) is 24.8 Å². The molecule has 2 aromatic rings. The van der Waals surface area contributed by atoms with Crippen molar-refractivity contribution in [3.8, 4) is 11.3 Å². The summed E-state index contributed by atoms with van der Waals surface area (Å²) in [4.78, 5) is 14.8. The minimum atomic E-state index is -1.05. The van der Waals surface area contributed by atoms with Crippen LogP contribution >= 0.6 is 0 Å². The molecule has 1 aromatic carbocycles. The molecule has 1 aliphatic rings. The molecule has 4 nitrogen and oxygen atoms in total. The van der Waals surface area contributed by atoms with E-state index in [-0.39, 0.29) is 5.69 Å². The number of nitrogens with zero attached hydrogens (tertiary/aromatic N) is 1.